The summed E-state index contributed by atoms with van der Waals surface area (Å²) in [4.78, 5) is 31.8. The Labute approximate surface area is 130 Å². The monoisotopic (exact) mass is 314 g/mol. The lowest BCUT2D eigenvalue weighted by Gasteiger charge is -2.10. The van der Waals surface area contributed by atoms with Crippen molar-refractivity contribution < 1.29 is 0 Å². The van der Waals surface area contributed by atoms with Crippen molar-refractivity contribution >= 4 is 23.3 Å². The zero-order valence-corrected chi connectivity index (χ0v) is 13.2. The highest BCUT2D eigenvalue weighted by atomic mass is 32.1. The molecule has 0 aliphatic heterocycles. The molecule has 2 aromatic heterocycles. The molecule has 0 radical (unpaired) electrons. The van der Waals surface area contributed by atoms with Gasteiger partial charge in [-0.1, -0.05) is 36.5 Å². The molecule has 0 aliphatic carbocycles. The zero-order chi connectivity index (χ0) is 16.0. The minimum absolute atomic E-state index is 0.184. The molecule has 2 heterocycles. The first-order valence-corrected chi connectivity index (χ1v) is 7.08. The second-order valence-electron chi connectivity index (χ2n) is 5.13. The normalized spacial score (nSPS) is 11.0. The van der Waals surface area contributed by atoms with Crippen LogP contribution < -0.4 is 11.2 Å². The van der Waals surface area contributed by atoms with Gasteiger partial charge in [-0.2, -0.15) is 0 Å². The Morgan fingerprint density at radius 1 is 1.14 bits per heavy atom. The number of nitrogens with one attached hydrogen (secondary N) is 1. The number of aryl methyl sites for hydroxylation is 2. The summed E-state index contributed by atoms with van der Waals surface area (Å²) < 4.78 is 2.58. The highest BCUT2D eigenvalue weighted by Gasteiger charge is 2.13. The summed E-state index contributed by atoms with van der Waals surface area (Å²) in [5.41, 5.74) is 1.43. The molecule has 0 amide bonds. The first kappa shape index (κ1) is 14.4. The third-order valence-electron chi connectivity index (χ3n) is 3.73. The Morgan fingerprint density at radius 2 is 1.82 bits per heavy atom. The number of H-pyrrole nitrogens is 1. The fourth-order valence-corrected chi connectivity index (χ4v) is 2.72. The van der Waals surface area contributed by atoms with Gasteiger partial charge in [-0.05, 0) is 12.5 Å². The van der Waals surface area contributed by atoms with E-state index in [0.29, 0.717) is 11.5 Å². The van der Waals surface area contributed by atoms with Crippen LogP contribution in [0, 0.1) is 11.6 Å². The molecule has 0 atom stereocenters. The maximum Gasteiger partial charge on any atom is 0.332 e. The van der Waals surface area contributed by atoms with Gasteiger partial charge in [0.2, 0.25) is 0 Å². The van der Waals surface area contributed by atoms with Gasteiger partial charge in [0.25, 0.3) is 5.56 Å². The molecule has 3 rings (SSSR count). The molecule has 0 bridgehead atoms. The molecule has 0 fully saturated rings. The van der Waals surface area contributed by atoms with Crippen molar-refractivity contribution in [3.8, 4) is 11.4 Å². The Kier molecular flexibility index (Phi) is 3.29. The number of aromatic amines is 1. The fraction of sp³-hybridized carbons (Fsp3) is 0.200. The Hall–Kier alpha value is -2.54. The predicted molar refractivity (Wildman–Crippen MR) is 87.6 cm³/mol. The van der Waals surface area contributed by atoms with E-state index in [-0.39, 0.29) is 10.0 Å². The Bertz CT molecular complexity index is 1080. The van der Waals surface area contributed by atoms with E-state index in [2.05, 4.69) is 9.97 Å². The van der Waals surface area contributed by atoms with E-state index in [4.69, 9.17) is 12.2 Å². The van der Waals surface area contributed by atoms with Crippen LogP contribution in [0.1, 0.15) is 5.56 Å². The van der Waals surface area contributed by atoms with Crippen molar-refractivity contribution in [1.29, 1.82) is 0 Å². The number of hydrogen-bond acceptors (Lipinski definition) is 4. The van der Waals surface area contributed by atoms with Gasteiger partial charge in [0.1, 0.15) is 21.5 Å². The molecule has 0 spiro atoms. The van der Waals surface area contributed by atoms with Crippen molar-refractivity contribution in [3.63, 3.8) is 0 Å². The number of hydrogen-bond donors (Lipinski definition) is 1. The molecule has 22 heavy (non-hydrogen) atoms. The van der Waals surface area contributed by atoms with Crippen molar-refractivity contribution in [1.82, 2.24) is 19.1 Å². The molecule has 3 aromatic rings. The van der Waals surface area contributed by atoms with E-state index >= 15 is 0 Å². The minimum atomic E-state index is -0.441. The van der Waals surface area contributed by atoms with Gasteiger partial charge in [-0.3, -0.25) is 13.9 Å². The zero-order valence-electron chi connectivity index (χ0n) is 12.4. The summed E-state index contributed by atoms with van der Waals surface area (Å²) >= 11 is 5.27. The molecule has 1 N–H and O–H groups in total. The van der Waals surface area contributed by atoms with Gasteiger partial charge < -0.3 is 4.98 Å². The van der Waals surface area contributed by atoms with E-state index in [9.17, 15) is 9.59 Å². The largest absolute Gasteiger partial charge is 0.332 e. The number of rotatable bonds is 1. The number of benzene rings is 1. The lowest BCUT2D eigenvalue weighted by molar-refractivity contribution is 0.706. The summed E-state index contributed by atoms with van der Waals surface area (Å²) in [7, 11) is 3.02. The summed E-state index contributed by atoms with van der Waals surface area (Å²) in [5, 5.41) is 0.247. The summed E-state index contributed by atoms with van der Waals surface area (Å²) in [6, 6.07) is 7.70. The predicted octanol–water partition coefficient (Wildman–Crippen LogP) is 1.67. The Balaban J connectivity index is 2.50. The fourth-order valence-electron chi connectivity index (χ4n) is 2.45. The summed E-state index contributed by atoms with van der Waals surface area (Å²) in [6.07, 6.45) is 0. The highest BCUT2D eigenvalue weighted by molar-refractivity contribution is 7.71. The van der Waals surface area contributed by atoms with Crippen LogP contribution in [0.3, 0.4) is 0 Å². The molecule has 112 valence electrons. The quantitative estimate of drug-likeness (QED) is 0.693. The van der Waals surface area contributed by atoms with Crippen LogP contribution in [0.25, 0.3) is 22.4 Å². The van der Waals surface area contributed by atoms with Gasteiger partial charge in [0.05, 0.1) is 0 Å². The molecular weight excluding hydrogens is 300 g/mol. The molecule has 0 saturated heterocycles. The third-order valence-corrected chi connectivity index (χ3v) is 4.02. The molecule has 7 heteroatoms. The average molecular weight is 314 g/mol. The van der Waals surface area contributed by atoms with Gasteiger partial charge >= 0.3 is 5.69 Å². The van der Waals surface area contributed by atoms with Crippen molar-refractivity contribution in [2.75, 3.05) is 0 Å². The van der Waals surface area contributed by atoms with Crippen LogP contribution in [-0.4, -0.2) is 19.1 Å². The second kappa shape index (κ2) is 5.03. The first-order chi connectivity index (χ1) is 10.4. The maximum absolute atomic E-state index is 12.3. The topological polar surface area (TPSA) is 72.7 Å². The summed E-state index contributed by atoms with van der Waals surface area (Å²) in [5.74, 6) is 0.541. The third kappa shape index (κ3) is 2.01. The smallest absolute Gasteiger partial charge is 0.325 e. The van der Waals surface area contributed by atoms with Crippen molar-refractivity contribution in [3.05, 3.63) is 55.3 Å². The van der Waals surface area contributed by atoms with E-state index in [1.165, 1.54) is 11.6 Å². The Morgan fingerprint density at radius 3 is 2.50 bits per heavy atom. The first-order valence-electron chi connectivity index (χ1n) is 6.68. The molecular formula is C15H14N4O2S. The van der Waals surface area contributed by atoms with Gasteiger partial charge in [-0.15, -0.1) is 0 Å². The average Bonchev–Trinajstić information content (AvgIpc) is 2.50. The van der Waals surface area contributed by atoms with Gasteiger partial charge in [0, 0.05) is 19.7 Å². The molecule has 0 saturated carbocycles. The van der Waals surface area contributed by atoms with Crippen LogP contribution in [0.5, 0.6) is 0 Å². The molecule has 6 nitrogen and oxygen atoms in total. The molecule has 0 aliphatic rings. The van der Waals surface area contributed by atoms with Crippen molar-refractivity contribution in [2.24, 2.45) is 14.1 Å². The van der Waals surface area contributed by atoms with Gasteiger partial charge in [0.15, 0.2) is 0 Å². The molecule has 0 unspecified atom stereocenters. The van der Waals surface area contributed by atoms with Crippen LogP contribution in [-0.2, 0) is 14.1 Å². The standard InChI is InChI=1S/C15H14N4O2S/c1-8-6-4-5-7-9(8)11-16-12-10(13(22)17-11)14(20)19(3)15(21)18(12)2/h4-7H,1-3H3,(H,16,17,22). The maximum atomic E-state index is 12.3. The summed E-state index contributed by atoms with van der Waals surface area (Å²) in [6.45, 7) is 1.96. The molecule has 1 aromatic carbocycles. The van der Waals surface area contributed by atoms with Crippen molar-refractivity contribution in [2.45, 2.75) is 6.92 Å². The number of fused-ring (bicyclic) bond motifs is 1. The second-order valence-corrected chi connectivity index (χ2v) is 5.52. The van der Waals surface area contributed by atoms with Crippen LogP contribution in [0.2, 0.25) is 0 Å². The van der Waals surface area contributed by atoms with E-state index in [1.54, 1.807) is 7.05 Å². The minimum Gasteiger partial charge on any atom is -0.325 e. The van der Waals surface area contributed by atoms with E-state index in [1.807, 2.05) is 31.2 Å². The van der Waals surface area contributed by atoms with Gasteiger partial charge in [-0.25, -0.2) is 9.78 Å². The lowest BCUT2D eigenvalue weighted by atomic mass is 10.1. The SMILES string of the molecule is Cc1ccccc1-c1nc(=S)c2c(=O)n(C)c(=O)n(C)c2[nH]1. The number of aromatic nitrogens is 4. The van der Waals surface area contributed by atoms with Crippen LogP contribution in [0.15, 0.2) is 33.9 Å². The van der Waals surface area contributed by atoms with E-state index < -0.39 is 11.2 Å². The lowest BCUT2D eigenvalue weighted by Crippen LogP contribution is -2.37. The number of nitrogens with zero attached hydrogens (tertiary/aromatic N) is 3. The van der Waals surface area contributed by atoms with E-state index in [0.717, 1.165) is 15.7 Å². The highest BCUT2D eigenvalue weighted by Crippen LogP contribution is 2.20. The van der Waals surface area contributed by atoms with Crippen LogP contribution >= 0.6 is 12.2 Å². The van der Waals surface area contributed by atoms with Crippen LogP contribution in [0.4, 0.5) is 0 Å².